The average Bonchev–Trinajstić information content (AvgIpc) is 2.36. The molecule has 0 aromatic heterocycles. The van der Waals surface area contributed by atoms with Crippen molar-refractivity contribution in [3.63, 3.8) is 0 Å². The summed E-state index contributed by atoms with van der Waals surface area (Å²) >= 11 is 0. The highest BCUT2D eigenvalue weighted by atomic mass is 16.5. The standard InChI is InChI=1S/C12H20O8/c13-5-8-11(18)12(19,9(15)6-20-8)4-7(14)2-1-3-10(16)17/h8-9,11,13,15,18-19H,1-6H2,(H,16,17)/t8-,9+,11+,12+/m1/s1. The summed E-state index contributed by atoms with van der Waals surface area (Å²) in [5, 5.41) is 47.3. The van der Waals surface area contributed by atoms with E-state index in [4.69, 9.17) is 14.9 Å². The lowest BCUT2D eigenvalue weighted by molar-refractivity contribution is -0.247. The first-order chi connectivity index (χ1) is 9.31. The molecule has 0 radical (unpaired) electrons. The Morgan fingerprint density at radius 1 is 1.25 bits per heavy atom. The SMILES string of the molecule is O=C(O)CCCC(=O)C[C@]1(O)[C@@H](O)CO[C@H](CO)[C@@H]1O. The molecule has 0 aliphatic carbocycles. The van der Waals surface area contributed by atoms with Gasteiger partial charge in [0.2, 0.25) is 0 Å². The molecule has 0 amide bonds. The lowest BCUT2D eigenvalue weighted by Crippen LogP contribution is -2.64. The molecular formula is C12H20O8. The predicted molar refractivity (Wildman–Crippen MR) is 64.9 cm³/mol. The van der Waals surface area contributed by atoms with Crippen molar-refractivity contribution in [2.24, 2.45) is 0 Å². The van der Waals surface area contributed by atoms with Gasteiger partial charge in [-0.3, -0.25) is 9.59 Å². The molecule has 116 valence electrons. The molecule has 1 fully saturated rings. The van der Waals surface area contributed by atoms with Gasteiger partial charge in [0.15, 0.2) is 0 Å². The molecule has 1 heterocycles. The molecule has 0 unspecified atom stereocenters. The van der Waals surface area contributed by atoms with Gasteiger partial charge in [0.1, 0.15) is 29.7 Å². The van der Waals surface area contributed by atoms with Crippen molar-refractivity contribution in [2.45, 2.75) is 49.6 Å². The normalized spacial score (nSPS) is 33.9. The van der Waals surface area contributed by atoms with Gasteiger partial charge in [0.25, 0.3) is 0 Å². The summed E-state index contributed by atoms with van der Waals surface area (Å²) in [7, 11) is 0. The van der Waals surface area contributed by atoms with Gasteiger partial charge in [-0.05, 0) is 6.42 Å². The van der Waals surface area contributed by atoms with E-state index in [0.29, 0.717) is 0 Å². The van der Waals surface area contributed by atoms with Gasteiger partial charge in [-0.2, -0.15) is 0 Å². The molecule has 0 aromatic rings. The van der Waals surface area contributed by atoms with Crippen molar-refractivity contribution in [1.82, 2.24) is 0 Å². The van der Waals surface area contributed by atoms with Gasteiger partial charge in [-0.1, -0.05) is 0 Å². The van der Waals surface area contributed by atoms with E-state index >= 15 is 0 Å². The highest BCUT2D eigenvalue weighted by Gasteiger charge is 2.51. The monoisotopic (exact) mass is 292 g/mol. The Balaban J connectivity index is 2.61. The first kappa shape index (κ1) is 17.0. The van der Waals surface area contributed by atoms with Crippen molar-refractivity contribution >= 4 is 11.8 Å². The molecule has 1 rings (SSSR count). The molecule has 0 saturated carbocycles. The van der Waals surface area contributed by atoms with E-state index in [1.165, 1.54) is 0 Å². The van der Waals surface area contributed by atoms with Crippen LogP contribution in [0.4, 0.5) is 0 Å². The third-order valence-electron chi connectivity index (χ3n) is 3.42. The van der Waals surface area contributed by atoms with Crippen LogP contribution in [0.25, 0.3) is 0 Å². The largest absolute Gasteiger partial charge is 0.481 e. The number of hydrogen-bond acceptors (Lipinski definition) is 7. The van der Waals surface area contributed by atoms with E-state index in [1.54, 1.807) is 0 Å². The molecule has 5 N–H and O–H groups in total. The number of Topliss-reactive ketones (excluding diaryl/α,β-unsaturated/α-hetero) is 1. The zero-order valence-corrected chi connectivity index (χ0v) is 10.9. The molecule has 1 aliphatic rings. The van der Waals surface area contributed by atoms with Crippen LogP contribution in [0.5, 0.6) is 0 Å². The van der Waals surface area contributed by atoms with E-state index in [-0.39, 0.29) is 25.9 Å². The van der Waals surface area contributed by atoms with Crippen LogP contribution in [-0.4, -0.2) is 74.4 Å². The Morgan fingerprint density at radius 2 is 1.90 bits per heavy atom. The second kappa shape index (κ2) is 7.09. The van der Waals surface area contributed by atoms with Gasteiger partial charge in [0, 0.05) is 19.3 Å². The molecule has 0 aromatic carbocycles. The number of hydrogen-bond donors (Lipinski definition) is 5. The molecule has 4 atom stereocenters. The van der Waals surface area contributed by atoms with Crippen LogP contribution in [0.3, 0.4) is 0 Å². The van der Waals surface area contributed by atoms with Crippen LogP contribution in [0, 0.1) is 0 Å². The number of ether oxygens (including phenoxy) is 1. The van der Waals surface area contributed by atoms with E-state index < -0.39 is 48.7 Å². The second-order valence-electron chi connectivity index (χ2n) is 4.97. The summed E-state index contributed by atoms with van der Waals surface area (Å²) in [5.41, 5.74) is -2.09. The molecule has 1 aliphatic heterocycles. The number of aliphatic hydroxyl groups is 4. The van der Waals surface area contributed by atoms with Crippen LogP contribution in [-0.2, 0) is 14.3 Å². The first-order valence-electron chi connectivity index (χ1n) is 6.35. The van der Waals surface area contributed by atoms with E-state index in [9.17, 15) is 24.9 Å². The highest BCUT2D eigenvalue weighted by Crippen LogP contribution is 2.30. The number of carboxylic acid groups (broad SMARTS) is 1. The summed E-state index contributed by atoms with van der Waals surface area (Å²) in [6, 6.07) is 0. The Hall–Kier alpha value is -1.06. The lowest BCUT2D eigenvalue weighted by atomic mass is 9.80. The van der Waals surface area contributed by atoms with Crippen molar-refractivity contribution in [3.05, 3.63) is 0 Å². The Morgan fingerprint density at radius 3 is 2.45 bits per heavy atom. The van der Waals surface area contributed by atoms with Crippen LogP contribution in [0.1, 0.15) is 25.7 Å². The fourth-order valence-electron chi connectivity index (χ4n) is 2.19. The molecule has 0 bridgehead atoms. The lowest BCUT2D eigenvalue weighted by Gasteiger charge is -2.44. The minimum absolute atomic E-state index is 0.0707. The van der Waals surface area contributed by atoms with Gasteiger partial charge >= 0.3 is 5.97 Å². The van der Waals surface area contributed by atoms with Gasteiger partial charge in [0.05, 0.1) is 13.2 Å². The smallest absolute Gasteiger partial charge is 0.303 e. The summed E-state index contributed by atoms with van der Waals surface area (Å²) in [6.45, 7) is -0.857. The van der Waals surface area contributed by atoms with Crippen LogP contribution in [0.2, 0.25) is 0 Å². The van der Waals surface area contributed by atoms with Crippen LogP contribution in [0.15, 0.2) is 0 Å². The van der Waals surface area contributed by atoms with E-state index in [0.717, 1.165) is 0 Å². The van der Waals surface area contributed by atoms with Crippen molar-refractivity contribution < 1.29 is 39.9 Å². The Bertz CT molecular complexity index is 357. The maximum absolute atomic E-state index is 11.7. The second-order valence-corrected chi connectivity index (χ2v) is 4.97. The van der Waals surface area contributed by atoms with Gasteiger partial charge in [-0.25, -0.2) is 0 Å². The Labute approximate surface area is 115 Å². The molecule has 20 heavy (non-hydrogen) atoms. The third kappa shape index (κ3) is 3.97. The minimum Gasteiger partial charge on any atom is -0.481 e. The maximum atomic E-state index is 11.7. The molecule has 1 saturated heterocycles. The van der Waals surface area contributed by atoms with E-state index in [1.807, 2.05) is 0 Å². The number of carbonyl (C=O) groups is 2. The highest BCUT2D eigenvalue weighted by molar-refractivity contribution is 5.80. The summed E-state index contributed by atoms with van der Waals surface area (Å²) < 4.78 is 4.94. The fraction of sp³-hybridized carbons (Fsp3) is 0.833. The third-order valence-corrected chi connectivity index (χ3v) is 3.42. The van der Waals surface area contributed by atoms with Crippen molar-refractivity contribution in [1.29, 1.82) is 0 Å². The number of ketones is 1. The van der Waals surface area contributed by atoms with Crippen LogP contribution >= 0.6 is 0 Å². The quantitative estimate of drug-likeness (QED) is 0.364. The zero-order chi connectivity index (χ0) is 15.3. The Kier molecular flexibility index (Phi) is 6.03. The summed E-state index contributed by atoms with van der Waals surface area (Å²) in [5.74, 6) is -1.49. The molecule has 8 nitrogen and oxygen atoms in total. The van der Waals surface area contributed by atoms with E-state index in [2.05, 4.69) is 0 Å². The average molecular weight is 292 g/mol. The summed E-state index contributed by atoms with van der Waals surface area (Å²) in [4.78, 5) is 22.0. The number of aliphatic hydroxyl groups excluding tert-OH is 3. The minimum atomic E-state index is -2.09. The molecule has 0 spiro atoms. The first-order valence-corrected chi connectivity index (χ1v) is 6.35. The zero-order valence-electron chi connectivity index (χ0n) is 10.9. The maximum Gasteiger partial charge on any atom is 0.303 e. The number of carbonyl (C=O) groups excluding carboxylic acids is 1. The molecular weight excluding hydrogens is 272 g/mol. The van der Waals surface area contributed by atoms with Crippen molar-refractivity contribution in [2.75, 3.05) is 13.2 Å². The van der Waals surface area contributed by atoms with Crippen molar-refractivity contribution in [3.8, 4) is 0 Å². The number of rotatable bonds is 7. The molecule has 8 heteroatoms. The summed E-state index contributed by atoms with van der Waals surface area (Å²) in [6.07, 6.45) is -4.76. The van der Waals surface area contributed by atoms with Gasteiger partial charge < -0.3 is 30.3 Å². The van der Waals surface area contributed by atoms with Gasteiger partial charge in [-0.15, -0.1) is 0 Å². The topological polar surface area (TPSA) is 145 Å². The van der Waals surface area contributed by atoms with Crippen LogP contribution < -0.4 is 0 Å². The fourth-order valence-corrected chi connectivity index (χ4v) is 2.19. The number of aliphatic carboxylic acids is 1. The number of carboxylic acids is 1. The predicted octanol–water partition coefficient (Wildman–Crippen LogP) is -1.96.